The molecule has 2 nitrogen and oxygen atoms in total. The Morgan fingerprint density at radius 3 is 1.65 bits per heavy atom. The van der Waals surface area contributed by atoms with Gasteiger partial charge < -0.3 is 0 Å². The Kier molecular flexibility index (Phi) is 3.72. The van der Waals surface area contributed by atoms with Gasteiger partial charge in [-0.25, -0.2) is 4.39 Å². The van der Waals surface area contributed by atoms with Gasteiger partial charge in [-0.2, -0.15) is 4.39 Å². The molecule has 0 amide bonds. The second-order valence-corrected chi connectivity index (χ2v) is 8.10. The van der Waals surface area contributed by atoms with E-state index in [9.17, 15) is 25.7 Å². The molecule has 0 aromatic heterocycles. The van der Waals surface area contributed by atoms with Gasteiger partial charge in [0.05, 0.1) is 0 Å². The van der Waals surface area contributed by atoms with Crippen molar-refractivity contribution in [3.8, 4) is 0 Å². The van der Waals surface area contributed by atoms with Crippen molar-refractivity contribution in [3.63, 3.8) is 0 Å². The molecule has 17 heavy (non-hydrogen) atoms. The molecular formula is C6H3F8N2Sb. The molecule has 11 heteroatoms. The molecule has 0 aliphatic carbocycles. The molecule has 98 valence electrons. The van der Waals surface area contributed by atoms with Crippen LogP contribution < -0.4 is 0 Å². The quantitative estimate of drug-likeness (QED) is 0.370. The van der Waals surface area contributed by atoms with Crippen molar-refractivity contribution in [1.82, 2.24) is 0 Å². The molecule has 0 saturated carbocycles. The fourth-order valence-corrected chi connectivity index (χ4v) is 0.570. The van der Waals surface area contributed by atoms with Crippen LogP contribution in [0.4, 0.5) is 31.3 Å². The fourth-order valence-electron chi connectivity index (χ4n) is 0.570. The third-order valence-electron chi connectivity index (χ3n) is 1.04. The normalized spacial score (nSPS) is 14.8. The van der Waals surface area contributed by atoms with E-state index in [4.69, 9.17) is 5.39 Å². The molecule has 0 aliphatic rings. The van der Waals surface area contributed by atoms with Gasteiger partial charge in [0.2, 0.25) is 5.39 Å². The Bertz CT molecular complexity index is 447. The van der Waals surface area contributed by atoms with Gasteiger partial charge in [0.25, 0.3) is 5.82 Å². The zero-order chi connectivity index (χ0) is 14.0. The maximum atomic E-state index is 12.4. The van der Waals surface area contributed by atoms with E-state index in [0.717, 1.165) is 6.07 Å². The van der Waals surface area contributed by atoms with Gasteiger partial charge in [-0.1, -0.05) is 6.07 Å². The molecule has 0 radical (unpaired) electrons. The van der Waals surface area contributed by atoms with Crippen LogP contribution in [0.2, 0.25) is 0 Å². The molecule has 0 N–H and O–H groups in total. The summed E-state index contributed by atoms with van der Waals surface area (Å²) in [7, 11) is 0. The first kappa shape index (κ1) is 15.9. The average molecular weight is 377 g/mol. The molecule has 1 rings (SSSR count). The Hall–Kier alpha value is -1.10. The third kappa shape index (κ3) is 11.2. The Labute approximate surface area is 91.4 Å². The first-order valence-electron chi connectivity index (χ1n) is 3.56. The molecule has 1 aromatic rings. The van der Waals surface area contributed by atoms with Crippen molar-refractivity contribution in [2.75, 3.05) is 0 Å². The monoisotopic (exact) mass is 376 g/mol. The minimum absolute atomic E-state index is 0.389. The second kappa shape index (κ2) is 3.98. The van der Waals surface area contributed by atoms with Crippen LogP contribution in [0.25, 0.3) is 4.98 Å². The number of rotatable bonds is 0. The molecular weight excluding hydrogens is 374 g/mol. The van der Waals surface area contributed by atoms with Crippen LogP contribution in [0, 0.1) is 17.0 Å². The van der Waals surface area contributed by atoms with Crippen LogP contribution in [0.15, 0.2) is 18.2 Å². The number of halogens is 8. The molecule has 0 unspecified atom stereocenters. The molecule has 0 heterocycles. The minimum atomic E-state index is -11.2. The van der Waals surface area contributed by atoms with Gasteiger partial charge in [-0.05, 0) is 6.07 Å². The molecule has 0 atom stereocenters. The van der Waals surface area contributed by atoms with E-state index in [-0.39, 0.29) is 5.69 Å². The summed E-state index contributed by atoms with van der Waals surface area (Å²) < 4.78 is 84.1. The van der Waals surface area contributed by atoms with Crippen molar-refractivity contribution in [3.05, 3.63) is 34.8 Å². The van der Waals surface area contributed by atoms with Crippen molar-refractivity contribution in [2.45, 2.75) is 0 Å². The van der Waals surface area contributed by atoms with Crippen LogP contribution in [-0.2, 0) is 0 Å². The Morgan fingerprint density at radius 1 is 0.941 bits per heavy atom. The van der Waals surface area contributed by atoms with Crippen LogP contribution in [0.3, 0.4) is 0 Å². The first-order chi connectivity index (χ1) is 7.20. The summed E-state index contributed by atoms with van der Waals surface area (Å²) in [5.41, 5.74) is -0.389. The number of nitrogens with zero attached hydrogens (tertiary/aromatic N) is 2. The summed E-state index contributed by atoms with van der Waals surface area (Å²) in [6, 6.07) is 3.37. The van der Waals surface area contributed by atoms with E-state index in [1.165, 1.54) is 12.1 Å². The van der Waals surface area contributed by atoms with Gasteiger partial charge >= 0.3 is 42.0 Å². The van der Waals surface area contributed by atoms with Crippen molar-refractivity contribution in [1.29, 1.82) is 5.39 Å². The third-order valence-corrected chi connectivity index (χ3v) is 1.04. The van der Waals surface area contributed by atoms with Gasteiger partial charge in [-0.3, -0.25) is 0 Å². The van der Waals surface area contributed by atoms with Crippen LogP contribution in [0.5, 0.6) is 0 Å². The summed E-state index contributed by atoms with van der Waals surface area (Å²) in [6.07, 6.45) is 0. The van der Waals surface area contributed by atoms with E-state index in [1.54, 1.807) is 0 Å². The SMILES string of the molecule is N#[N+]c1cccc(F)c1F.[F][Sb-]([F])([F])([F])([F])[F]. The zero-order valence-corrected chi connectivity index (χ0v) is 10.2. The van der Waals surface area contributed by atoms with Crippen molar-refractivity contribution in [2.24, 2.45) is 0 Å². The second-order valence-electron chi connectivity index (χ2n) is 2.63. The number of benzene rings is 1. The van der Waals surface area contributed by atoms with Gasteiger partial charge in [0.15, 0.2) is 10.8 Å². The zero-order valence-electron chi connectivity index (χ0n) is 7.60. The van der Waals surface area contributed by atoms with E-state index in [0.29, 0.717) is 0 Å². The van der Waals surface area contributed by atoms with E-state index in [2.05, 4.69) is 4.98 Å². The summed E-state index contributed by atoms with van der Waals surface area (Å²) in [5, 5.41) is 8.06. The summed E-state index contributed by atoms with van der Waals surface area (Å²) in [4.78, 5) is 2.52. The van der Waals surface area contributed by atoms with E-state index in [1.807, 2.05) is 0 Å². The predicted molar refractivity (Wildman–Crippen MR) is 43.5 cm³/mol. The molecule has 0 spiro atoms. The average Bonchev–Trinajstić information content (AvgIpc) is 2.04. The number of hydrogen-bond donors (Lipinski definition) is 0. The predicted octanol–water partition coefficient (Wildman–Crippen LogP) is 4.59. The Balaban J connectivity index is 0.000000325. The van der Waals surface area contributed by atoms with Gasteiger partial charge in [0, 0.05) is 6.07 Å². The summed E-state index contributed by atoms with van der Waals surface area (Å²) in [5.74, 6) is -2.15. The topological polar surface area (TPSA) is 28.1 Å². The Morgan fingerprint density at radius 2 is 1.35 bits per heavy atom. The van der Waals surface area contributed by atoms with Gasteiger partial charge in [-0.15, -0.1) is 0 Å². The molecule has 0 bridgehead atoms. The van der Waals surface area contributed by atoms with E-state index < -0.39 is 31.1 Å². The van der Waals surface area contributed by atoms with Crippen LogP contribution in [-0.4, -0.2) is 19.5 Å². The molecule has 1 aromatic carbocycles. The number of hydrogen-bond acceptors (Lipinski definition) is 1. The summed E-state index contributed by atoms with van der Waals surface area (Å²) >= 11 is -11.2. The fraction of sp³-hybridized carbons (Fsp3) is 0. The molecule has 0 aliphatic heterocycles. The van der Waals surface area contributed by atoms with Crippen molar-refractivity contribution < 1.29 is 25.7 Å². The molecule has 0 fully saturated rings. The molecule has 0 saturated heterocycles. The van der Waals surface area contributed by atoms with E-state index >= 15 is 0 Å². The number of diazo groups is 1. The van der Waals surface area contributed by atoms with Crippen molar-refractivity contribution >= 4 is 25.2 Å². The first-order valence-corrected chi connectivity index (χ1v) is 9.35. The van der Waals surface area contributed by atoms with Gasteiger partial charge in [0.1, 0.15) is 0 Å². The van der Waals surface area contributed by atoms with Crippen LogP contribution in [0.1, 0.15) is 0 Å². The maximum absolute atomic E-state index is 12.4. The summed E-state index contributed by atoms with van der Waals surface area (Å²) in [6.45, 7) is 0. The van der Waals surface area contributed by atoms with Crippen LogP contribution >= 0.6 is 0 Å². The standard InChI is InChI=1S/C6H3F2N2.6FH.Sb/c7-4-2-1-3-5(10-9)6(4)8;;;;;;;/h1-3H;6*1H;/q+1;;;;;;;+5/p-6.